The van der Waals surface area contributed by atoms with Gasteiger partial charge >= 0.3 is 0 Å². The molecule has 3 aromatic rings. The summed E-state index contributed by atoms with van der Waals surface area (Å²) in [6.45, 7) is 7.20. The third-order valence-electron chi connectivity index (χ3n) is 5.09. The van der Waals surface area contributed by atoms with Crippen LogP contribution in [0.5, 0.6) is 5.75 Å². The van der Waals surface area contributed by atoms with Crippen LogP contribution in [-0.4, -0.2) is 27.9 Å². The van der Waals surface area contributed by atoms with E-state index in [9.17, 15) is 9.59 Å². The molecule has 0 N–H and O–H groups in total. The summed E-state index contributed by atoms with van der Waals surface area (Å²) in [7, 11) is 0. The molecule has 0 saturated heterocycles. The fraction of sp³-hybridized carbons (Fsp3) is 0.364. The molecule has 0 radical (unpaired) electrons. The second-order valence-corrected chi connectivity index (χ2v) is 8.47. The third kappa shape index (κ3) is 3.87. The van der Waals surface area contributed by atoms with Crippen LogP contribution in [0.4, 0.5) is 5.13 Å². The molecule has 1 fully saturated rings. The molecule has 1 amide bonds. The van der Waals surface area contributed by atoms with Gasteiger partial charge in [-0.15, -0.1) is 0 Å². The summed E-state index contributed by atoms with van der Waals surface area (Å²) in [5.41, 5.74) is 2.49. The number of anilines is 1. The quantitative estimate of drug-likeness (QED) is 0.512. The Kier molecular flexibility index (Phi) is 5.42. The van der Waals surface area contributed by atoms with Crippen LogP contribution in [0.25, 0.3) is 0 Å². The summed E-state index contributed by atoms with van der Waals surface area (Å²) >= 11 is 1.25. The van der Waals surface area contributed by atoms with Crippen molar-refractivity contribution in [3.05, 3.63) is 57.4 Å². The number of nitrogens with zero attached hydrogens (tertiary/aromatic N) is 3. The lowest BCUT2D eigenvalue weighted by molar-refractivity contribution is 0.0972. The molecule has 30 heavy (non-hydrogen) atoms. The maximum Gasteiger partial charge on any atom is 0.282 e. The number of hydrogen-bond donors (Lipinski definition) is 0. The molecule has 0 spiro atoms. The Labute approximate surface area is 178 Å². The van der Waals surface area contributed by atoms with E-state index in [1.807, 2.05) is 31.2 Å². The van der Waals surface area contributed by atoms with Crippen LogP contribution in [0.2, 0.25) is 0 Å². The highest BCUT2D eigenvalue weighted by atomic mass is 32.1. The largest absolute Gasteiger partial charge is 0.488 e. The van der Waals surface area contributed by atoms with E-state index < -0.39 is 0 Å². The standard InChI is InChI=1S/C22H23N3O4S/c1-12-7-5-6-8-18(12)28-11-17-15(4)29-24-19(17)21(27)25(16-9-10-16)22-23-13(2)20(30-22)14(3)26/h5-8,16H,9-11H2,1-4H3. The zero-order valence-electron chi connectivity index (χ0n) is 17.4. The van der Waals surface area contributed by atoms with Gasteiger partial charge in [-0.2, -0.15) is 0 Å². The van der Waals surface area contributed by atoms with Crippen molar-refractivity contribution in [2.24, 2.45) is 0 Å². The molecule has 2 aromatic heterocycles. The molecular formula is C22H23N3O4S. The summed E-state index contributed by atoms with van der Waals surface area (Å²) in [5.74, 6) is 0.963. The fourth-order valence-electron chi connectivity index (χ4n) is 3.27. The van der Waals surface area contributed by atoms with Crippen molar-refractivity contribution < 1.29 is 18.8 Å². The number of para-hydroxylation sites is 1. The molecule has 1 aliphatic carbocycles. The molecule has 0 atom stereocenters. The topological polar surface area (TPSA) is 85.5 Å². The van der Waals surface area contributed by atoms with Gasteiger partial charge in [0.2, 0.25) is 0 Å². The average molecular weight is 426 g/mol. The number of ketones is 1. The lowest BCUT2D eigenvalue weighted by Gasteiger charge is -2.18. The van der Waals surface area contributed by atoms with Crippen LogP contribution in [0, 0.1) is 20.8 Å². The molecule has 156 valence electrons. The summed E-state index contributed by atoms with van der Waals surface area (Å²) in [5, 5.41) is 4.56. The highest BCUT2D eigenvalue weighted by Crippen LogP contribution is 2.37. The van der Waals surface area contributed by atoms with Gasteiger partial charge in [-0.05, 0) is 45.2 Å². The normalized spacial score (nSPS) is 13.3. The summed E-state index contributed by atoms with van der Waals surface area (Å²) in [6.07, 6.45) is 1.79. The zero-order chi connectivity index (χ0) is 21.4. The van der Waals surface area contributed by atoms with Crippen molar-refractivity contribution in [2.45, 2.75) is 53.2 Å². The first-order chi connectivity index (χ1) is 14.4. The van der Waals surface area contributed by atoms with Crippen molar-refractivity contribution in [1.29, 1.82) is 0 Å². The molecular weight excluding hydrogens is 402 g/mol. The van der Waals surface area contributed by atoms with Gasteiger partial charge in [0.15, 0.2) is 16.6 Å². The Morgan fingerprint density at radius 2 is 1.97 bits per heavy atom. The minimum atomic E-state index is -0.276. The molecule has 0 aliphatic heterocycles. The van der Waals surface area contributed by atoms with Crippen LogP contribution in [0.1, 0.15) is 62.5 Å². The lowest BCUT2D eigenvalue weighted by atomic mass is 10.2. The number of benzene rings is 1. The van der Waals surface area contributed by atoms with Crippen LogP contribution in [-0.2, 0) is 6.61 Å². The number of carbonyl (C=O) groups excluding carboxylic acids is 2. The van der Waals surface area contributed by atoms with Gasteiger partial charge in [-0.1, -0.05) is 34.7 Å². The molecule has 1 aromatic carbocycles. The van der Waals surface area contributed by atoms with Crippen LogP contribution < -0.4 is 9.64 Å². The van der Waals surface area contributed by atoms with Crippen molar-refractivity contribution in [3.63, 3.8) is 0 Å². The van der Waals surface area contributed by atoms with E-state index >= 15 is 0 Å². The fourth-order valence-corrected chi connectivity index (χ4v) is 4.30. The summed E-state index contributed by atoms with van der Waals surface area (Å²) in [4.78, 5) is 32.0. The highest BCUT2D eigenvalue weighted by Gasteiger charge is 2.39. The Morgan fingerprint density at radius 1 is 1.23 bits per heavy atom. The van der Waals surface area contributed by atoms with Crippen LogP contribution >= 0.6 is 11.3 Å². The van der Waals surface area contributed by atoms with E-state index in [0.29, 0.717) is 27.0 Å². The van der Waals surface area contributed by atoms with E-state index in [2.05, 4.69) is 10.1 Å². The maximum atomic E-state index is 13.5. The SMILES string of the molecule is CC(=O)c1sc(N(C(=O)c2noc(C)c2COc2ccccc2C)C2CC2)nc1C. The summed E-state index contributed by atoms with van der Waals surface area (Å²) < 4.78 is 11.3. The van der Waals surface area contributed by atoms with Crippen molar-refractivity contribution in [3.8, 4) is 5.75 Å². The van der Waals surface area contributed by atoms with E-state index in [1.165, 1.54) is 18.3 Å². The molecule has 2 heterocycles. The molecule has 1 aliphatic rings. The molecule has 1 saturated carbocycles. The molecule has 4 rings (SSSR count). The van der Waals surface area contributed by atoms with Crippen molar-refractivity contribution in [2.75, 3.05) is 4.90 Å². The predicted octanol–water partition coefficient (Wildman–Crippen LogP) is 4.65. The number of rotatable bonds is 7. The predicted molar refractivity (Wildman–Crippen MR) is 113 cm³/mol. The van der Waals surface area contributed by atoms with Gasteiger partial charge in [-0.3, -0.25) is 14.5 Å². The maximum absolute atomic E-state index is 13.5. The third-order valence-corrected chi connectivity index (χ3v) is 6.35. The monoisotopic (exact) mass is 425 g/mol. The number of thiazole rings is 1. The van der Waals surface area contributed by atoms with Crippen molar-refractivity contribution in [1.82, 2.24) is 10.1 Å². The van der Waals surface area contributed by atoms with Gasteiger partial charge in [-0.25, -0.2) is 4.98 Å². The number of amides is 1. The number of aromatic nitrogens is 2. The number of hydrogen-bond acceptors (Lipinski definition) is 7. The van der Waals surface area contributed by atoms with Crippen LogP contribution in [0.3, 0.4) is 0 Å². The number of ether oxygens (including phenoxy) is 1. The second kappa shape index (κ2) is 8.02. The first-order valence-electron chi connectivity index (χ1n) is 9.82. The Bertz CT molecular complexity index is 1110. The average Bonchev–Trinajstić information content (AvgIpc) is 3.35. The first kappa shape index (κ1) is 20.3. The second-order valence-electron chi connectivity index (χ2n) is 7.49. The summed E-state index contributed by atoms with van der Waals surface area (Å²) in [6, 6.07) is 7.76. The van der Waals surface area contributed by atoms with E-state index in [4.69, 9.17) is 9.26 Å². The van der Waals surface area contributed by atoms with Crippen LogP contribution in [0.15, 0.2) is 28.8 Å². The highest BCUT2D eigenvalue weighted by molar-refractivity contribution is 7.17. The van der Waals surface area contributed by atoms with Gasteiger partial charge < -0.3 is 9.26 Å². The lowest BCUT2D eigenvalue weighted by Crippen LogP contribution is -2.34. The zero-order valence-corrected chi connectivity index (χ0v) is 18.2. The minimum Gasteiger partial charge on any atom is -0.488 e. The molecule has 7 nitrogen and oxygen atoms in total. The molecule has 0 bridgehead atoms. The van der Waals surface area contributed by atoms with Gasteiger partial charge in [0.05, 0.1) is 16.1 Å². The Balaban J connectivity index is 1.63. The number of carbonyl (C=O) groups is 2. The first-order valence-corrected chi connectivity index (χ1v) is 10.6. The van der Waals surface area contributed by atoms with E-state index in [0.717, 1.165) is 24.2 Å². The molecule has 0 unspecified atom stereocenters. The Morgan fingerprint density at radius 3 is 2.60 bits per heavy atom. The number of Topliss-reactive ketones (excluding diaryl/α,β-unsaturated/α-hetero) is 1. The van der Waals surface area contributed by atoms with Gasteiger partial charge in [0.25, 0.3) is 5.91 Å². The number of aryl methyl sites for hydroxylation is 3. The van der Waals surface area contributed by atoms with E-state index in [1.54, 1.807) is 18.7 Å². The smallest absolute Gasteiger partial charge is 0.282 e. The van der Waals surface area contributed by atoms with Gasteiger partial charge in [0.1, 0.15) is 18.1 Å². The van der Waals surface area contributed by atoms with E-state index in [-0.39, 0.29) is 30.0 Å². The molecule has 8 heteroatoms. The van der Waals surface area contributed by atoms with Crippen molar-refractivity contribution >= 4 is 28.2 Å². The minimum absolute atomic E-state index is 0.0518. The Hall–Kier alpha value is -3.00. The van der Waals surface area contributed by atoms with Gasteiger partial charge in [0, 0.05) is 13.0 Å².